The zero-order valence-electron chi connectivity index (χ0n) is 9.19. The van der Waals surface area contributed by atoms with Crippen molar-refractivity contribution in [3.05, 3.63) is 43.0 Å². The molecular formula is C13H16O2. The van der Waals surface area contributed by atoms with E-state index in [1.807, 2.05) is 44.2 Å². The number of Topliss-reactive ketones (excluding diaryl/α,β-unsaturated/α-hetero) is 1. The van der Waals surface area contributed by atoms with E-state index in [2.05, 4.69) is 6.58 Å². The fourth-order valence-electron chi connectivity index (χ4n) is 0.965. The smallest absolute Gasteiger partial charge is 0.179 e. The lowest BCUT2D eigenvalue weighted by molar-refractivity contribution is -0.127. The third-order valence-corrected chi connectivity index (χ3v) is 2.34. The largest absolute Gasteiger partial charge is 0.486 e. The first-order valence-corrected chi connectivity index (χ1v) is 4.91. The summed E-state index contributed by atoms with van der Waals surface area (Å²) < 4.78 is 5.36. The van der Waals surface area contributed by atoms with Crippen LogP contribution in [0.2, 0.25) is 0 Å². The van der Waals surface area contributed by atoms with E-state index >= 15 is 0 Å². The Bertz CT molecular complexity index is 339. The van der Waals surface area contributed by atoms with Crippen LogP contribution in [-0.4, -0.2) is 12.4 Å². The number of para-hydroxylation sites is 1. The molecule has 0 aromatic heterocycles. The summed E-state index contributed by atoms with van der Waals surface area (Å²) in [5.74, 6) is 0.743. The highest BCUT2D eigenvalue weighted by Crippen LogP contribution is 2.18. The van der Waals surface area contributed by atoms with Gasteiger partial charge in [-0.1, -0.05) is 24.3 Å². The van der Waals surface area contributed by atoms with E-state index in [1.54, 1.807) is 6.08 Å². The van der Waals surface area contributed by atoms with Gasteiger partial charge in [0.2, 0.25) is 0 Å². The van der Waals surface area contributed by atoms with Crippen molar-refractivity contribution in [3.63, 3.8) is 0 Å². The second-order valence-corrected chi connectivity index (χ2v) is 3.95. The summed E-state index contributed by atoms with van der Waals surface area (Å²) in [7, 11) is 0. The Kier molecular flexibility index (Phi) is 3.67. The molecule has 0 radical (unpaired) electrons. The third kappa shape index (κ3) is 3.24. The molecule has 0 fully saturated rings. The molecule has 0 spiro atoms. The van der Waals surface area contributed by atoms with Crippen LogP contribution in [0.3, 0.4) is 0 Å². The Hall–Kier alpha value is -1.57. The maximum absolute atomic E-state index is 11.7. The topological polar surface area (TPSA) is 26.3 Å². The number of carbonyl (C=O) groups is 1. The van der Waals surface area contributed by atoms with Gasteiger partial charge in [-0.15, -0.1) is 6.58 Å². The van der Waals surface area contributed by atoms with Crippen LogP contribution in [0.4, 0.5) is 0 Å². The lowest BCUT2D eigenvalue weighted by Crippen LogP contribution is -2.27. The zero-order chi connectivity index (χ0) is 11.3. The molecule has 1 rings (SSSR count). The SMILES string of the molecule is C=CC(C)(C)C(=O)COc1ccccc1. The highest BCUT2D eigenvalue weighted by atomic mass is 16.5. The molecule has 0 saturated carbocycles. The highest BCUT2D eigenvalue weighted by Gasteiger charge is 2.23. The van der Waals surface area contributed by atoms with E-state index in [1.165, 1.54) is 0 Å². The maximum Gasteiger partial charge on any atom is 0.179 e. The minimum atomic E-state index is -0.519. The number of ketones is 1. The quantitative estimate of drug-likeness (QED) is 0.689. The lowest BCUT2D eigenvalue weighted by atomic mass is 9.89. The van der Waals surface area contributed by atoms with Crippen molar-refractivity contribution in [1.82, 2.24) is 0 Å². The average molecular weight is 204 g/mol. The molecule has 15 heavy (non-hydrogen) atoms. The van der Waals surface area contributed by atoms with Crippen LogP contribution in [-0.2, 0) is 4.79 Å². The summed E-state index contributed by atoms with van der Waals surface area (Å²) >= 11 is 0. The van der Waals surface area contributed by atoms with Crippen molar-refractivity contribution >= 4 is 5.78 Å². The normalized spacial score (nSPS) is 10.8. The molecule has 0 amide bonds. The predicted molar refractivity (Wildman–Crippen MR) is 60.9 cm³/mol. The van der Waals surface area contributed by atoms with Crippen LogP contribution in [0.1, 0.15) is 13.8 Å². The number of allylic oxidation sites excluding steroid dienone is 1. The fraction of sp³-hybridized carbons (Fsp3) is 0.308. The maximum atomic E-state index is 11.7. The van der Waals surface area contributed by atoms with Crippen LogP contribution in [0.15, 0.2) is 43.0 Å². The fourth-order valence-corrected chi connectivity index (χ4v) is 0.965. The van der Waals surface area contributed by atoms with Gasteiger partial charge >= 0.3 is 0 Å². The number of hydrogen-bond donors (Lipinski definition) is 0. The van der Waals surface area contributed by atoms with Crippen LogP contribution in [0.25, 0.3) is 0 Å². The molecule has 80 valence electrons. The summed E-state index contributed by atoms with van der Waals surface area (Å²) in [6.07, 6.45) is 1.64. The number of rotatable bonds is 5. The van der Waals surface area contributed by atoms with E-state index in [0.29, 0.717) is 5.75 Å². The monoisotopic (exact) mass is 204 g/mol. The number of ether oxygens (including phenoxy) is 1. The Balaban J connectivity index is 2.52. The number of hydrogen-bond acceptors (Lipinski definition) is 2. The van der Waals surface area contributed by atoms with Gasteiger partial charge in [-0.3, -0.25) is 4.79 Å². The first-order chi connectivity index (χ1) is 7.06. The molecule has 0 aliphatic carbocycles. The Morgan fingerprint density at radius 3 is 2.53 bits per heavy atom. The Labute approximate surface area is 90.6 Å². The summed E-state index contributed by atoms with van der Waals surface area (Å²) in [5.41, 5.74) is -0.519. The number of carbonyl (C=O) groups excluding carboxylic acids is 1. The van der Waals surface area contributed by atoms with Crippen molar-refractivity contribution < 1.29 is 9.53 Å². The summed E-state index contributed by atoms with van der Waals surface area (Å²) in [4.78, 5) is 11.7. The van der Waals surface area contributed by atoms with Crippen molar-refractivity contribution in [2.24, 2.45) is 5.41 Å². The van der Waals surface area contributed by atoms with Crippen LogP contribution in [0, 0.1) is 5.41 Å². The van der Waals surface area contributed by atoms with E-state index in [4.69, 9.17) is 4.74 Å². The van der Waals surface area contributed by atoms with Gasteiger partial charge in [0.15, 0.2) is 5.78 Å². The van der Waals surface area contributed by atoms with Crippen LogP contribution >= 0.6 is 0 Å². The van der Waals surface area contributed by atoms with Crippen molar-refractivity contribution in [2.45, 2.75) is 13.8 Å². The molecule has 1 aromatic carbocycles. The minimum Gasteiger partial charge on any atom is -0.486 e. The van der Waals surface area contributed by atoms with Crippen LogP contribution < -0.4 is 4.74 Å². The molecule has 0 atom stereocenters. The average Bonchev–Trinajstić information content (AvgIpc) is 2.27. The molecular weight excluding hydrogens is 188 g/mol. The molecule has 0 saturated heterocycles. The molecule has 1 aromatic rings. The molecule has 0 aliphatic rings. The molecule has 0 N–H and O–H groups in total. The van der Waals surface area contributed by atoms with E-state index in [9.17, 15) is 4.79 Å². The van der Waals surface area contributed by atoms with Gasteiger partial charge in [0.1, 0.15) is 12.4 Å². The molecule has 2 heteroatoms. The van der Waals surface area contributed by atoms with Crippen molar-refractivity contribution in [2.75, 3.05) is 6.61 Å². The first kappa shape index (κ1) is 11.5. The summed E-state index contributed by atoms with van der Waals surface area (Å²) in [5, 5.41) is 0. The Morgan fingerprint density at radius 1 is 1.40 bits per heavy atom. The summed E-state index contributed by atoms with van der Waals surface area (Å²) in [6.45, 7) is 7.38. The van der Waals surface area contributed by atoms with E-state index in [-0.39, 0.29) is 12.4 Å². The zero-order valence-corrected chi connectivity index (χ0v) is 9.19. The van der Waals surface area contributed by atoms with Gasteiger partial charge in [-0.2, -0.15) is 0 Å². The summed E-state index contributed by atoms with van der Waals surface area (Å²) in [6, 6.07) is 9.31. The predicted octanol–water partition coefficient (Wildman–Crippen LogP) is 2.85. The molecule has 2 nitrogen and oxygen atoms in total. The lowest BCUT2D eigenvalue weighted by Gasteiger charge is -2.17. The van der Waals surface area contributed by atoms with E-state index < -0.39 is 5.41 Å². The van der Waals surface area contributed by atoms with Gasteiger partial charge in [0.25, 0.3) is 0 Å². The number of benzene rings is 1. The molecule has 0 heterocycles. The second-order valence-electron chi connectivity index (χ2n) is 3.95. The standard InChI is InChI=1S/C13H16O2/c1-4-13(2,3)12(14)10-15-11-8-6-5-7-9-11/h4-9H,1,10H2,2-3H3. The van der Waals surface area contributed by atoms with Crippen molar-refractivity contribution in [3.8, 4) is 5.75 Å². The van der Waals surface area contributed by atoms with Crippen LogP contribution in [0.5, 0.6) is 5.75 Å². The molecule has 0 unspecified atom stereocenters. The van der Waals surface area contributed by atoms with Crippen molar-refractivity contribution in [1.29, 1.82) is 0 Å². The van der Waals surface area contributed by atoms with Gasteiger partial charge in [0.05, 0.1) is 0 Å². The Morgan fingerprint density at radius 2 is 2.00 bits per heavy atom. The van der Waals surface area contributed by atoms with Gasteiger partial charge in [0, 0.05) is 5.41 Å². The van der Waals surface area contributed by atoms with Gasteiger partial charge in [-0.25, -0.2) is 0 Å². The van der Waals surface area contributed by atoms with E-state index in [0.717, 1.165) is 0 Å². The second kappa shape index (κ2) is 4.78. The molecule has 0 bridgehead atoms. The third-order valence-electron chi connectivity index (χ3n) is 2.34. The molecule has 0 aliphatic heterocycles. The minimum absolute atomic E-state index is 0.0290. The highest BCUT2D eigenvalue weighted by molar-refractivity contribution is 5.87. The first-order valence-electron chi connectivity index (χ1n) is 4.91. The van der Waals surface area contributed by atoms with Gasteiger partial charge in [-0.05, 0) is 26.0 Å². The van der Waals surface area contributed by atoms with Gasteiger partial charge < -0.3 is 4.74 Å².